The smallest absolute Gasteiger partial charge is 0.0396 e. The maximum absolute atomic E-state index is 3.34. The lowest BCUT2D eigenvalue weighted by Gasteiger charge is -2.18. The fraction of sp³-hybridized carbons (Fsp3) is 0.185. The Bertz CT molecular complexity index is 957. The number of benzene rings is 3. The Hall–Kier alpha value is -3.24. The Morgan fingerprint density at radius 2 is 1.46 bits per heavy atom. The summed E-state index contributed by atoms with van der Waals surface area (Å²) in [5.74, 6) is 6.61. The van der Waals surface area contributed by atoms with Gasteiger partial charge in [-0.2, -0.15) is 0 Å². The summed E-state index contributed by atoms with van der Waals surface area (Å²) in [6, 6.07) is 29.4. The van der Waals surface area contributed by atoms with Crippen LogP contribution >= 0.6 is 0 Å². The maximum Gasteiger partial charge on any atom is 0.0396 e. The van der Waals surface area contributed by atoms with Gasteiger partial charge >= 0.3 is 0 Å². The van der Waals surface area contributed by atoms with Crippen molar-refractivity contribution < 1.29 is 0 Å². The van der Waals surface area contributed by atoms with E-state index in [-0.39, 0.29) is 0 Å². The second-order valence-corrected chi connectivity index (χ2v) is 7.08. The second kappa shape index (κ2) is 10.2. The highest BCUT2D eigenvalue weighted by atomic mass is 15.1. The molecule has 0 saturated heterocycles. The molecule has 0 spiro atoms. The van der Waals surface area contributed by atoms with Crippen LogP contribution in [0.5, 0.6) is 0 Å². The van der Waals surface area contributed by atoms with Crippen LogP contribution in [-0.4, -0.2) is 14.1 Å². The quantitative estimate of drug-likeness (QED) is 0.469. The van der Waals surface area contributed by atoms with Crippen molar-refractivity contribution in [3.05, 3.63) is 107 Å². The van der Waals surface area contributed by atoms with Crippen molar-refractivity contribution in [2.24, 2.45) is 0 Å². The summed E-state index contributed by atoms with van der Waals surface area (Å²) in [4.78, 5) is 2.19. The molecule has 0 aliphatic carbocycles. The number of para-hydroxylation sites is 1. The molecule has 0 heterocycles. The molecule has 0 unspecified atom stereocenters. The van der Waals surface area contributed by atoms with Crippen molar-refractivity contribution in [1.29, 1.82) is 0 Å². The third kappa shape index (κ3) is 5.89. The predicted octanol–water partition coefficient (Wildman–Crippen LogP) is 6.21. The summed E-state index contributed by atoms with van der Waals surface area (Å²) in [6.45, 7) is 0. The molecule has 0 saturated carbocycles. The first-order chi connectivity index (χ1) is 13.7. The molecule has 0 amide bonds. The van der Waals surface area contributed by atoms with Gasteiger partial charge in [0.15, 0.2) is 0 Å². The average molecular weight is 366 g/mol. The van der Waals surface area contributed by atoms with E-state index in [1.165, 1.54) is 22.4 Å². The van der Waals surface area contributed by atoms with Gasteiger partial charge in [0.1, 0.15) is 0 Å². The van der Waals surface area contributed by atoms with Crippen LogP contribution in [0.15, 0.2) is 90.5 Å². The minimum Gasteiger partial charge on any atom is -0.377 e. The highest BCUT2D eigenvalue weighted by Gasteiger charge is 2.07. The predicted molar refractivity (Wildman–Crippen MR) is 121 cm³/mol. The molecule has 0 aromatic heterocycles. The van der Waals surface area contributed by atoms with Crippen LogP contribution in [-0.2, 0) is 6.42 Å². The van der Waals surface area contributed by atoms with Crippen molar-refractivity contribution in [2.45, 2.75) is 19.3 Å². The molecule has 0 aliphatic rings. The van der Waals surface area contributed by atoms with E-state index in [0.717, 1.165) is 24.8 Å². The van der Waals surface area contributed by atoms with Gasteiger partial charge in [-0.1, -0.05) is 90.2 Å². The Labute approximate surface area is 169 Å². The van der Waals surface area contributed by atoms with E-state index in [4.69, 9.17) is 0 Å². The van der Waals surface area contributed by atoms with Gasteiger partial charge in [-0.3, -0.25) is 0 Å². The van der Waals surface area contributed by atoms with E-state index in [0.29, 0.717) is 0 Å². The summed E-state index contributed by atoms with van der Waals surface area (Å²) >= 11 is 0. The lowest BCUT2D eigenvalue weighted by Crippen LogP contribution is -2.11. The van der Waals surface area contributed by atoms with E-state index in [9.17, 15) is 0 Å². The molecule has 0 radical (unpaired) electrons. The number of hydrogen-bond acceptors (Lipinski definition) is 1. The zero-order chi connectivity index (χ0) is 19.6. The number of anilines is 1. The van der Waals surface area contributed by atoms with E-state index < -0.39 is 0 Å². The molecule has 28 heavy (non-hydrogen) atoms. The van der Waals surface area contributed by atoms with E-state index in [1.54, 1.807) is 0 Å². The SMILES string of the molecule is CN(C)c1ccccc1C/C(=C/c1ccccc1)CCC#Cc1ccccc1. The lowest BCUT2D eigenvalue weighted by atomic mass is 9.97. The van der Waals surface area contributed by atoms with Crippen molar-refractivity contribution in [3.63, 3.8) is 0 Å². The van der Waals surface area contributed by atoms with Gasteiger partial charge in [0.25, 0.3) is 0 Å². The van der Waals surface area contributed by atoms with Gasteiger partial charge in [-0.15, -0.1) is 0 Å². The van der Waals surface area contributed by atoms with Gasteiger partial charge in [-0.25, -0.2) is 0 Å². The molecule has 0 bridgehead atoms. The highest BCUT2D eigenvalue weighted by Crippen LogP contribution is 2.24. The van der Waals surface area contributed by atoms with E-state index >= 15 is 0 Å². The molecule has 3 aromatic carbocycles. The molecule has 3 aromatic rings. The van der Waals surface area contributed by atoms with E-state index in [2.05, 4.69) is 104 Å². The first-order valence-corrected chi connectivity index (χ1v) is 9.76. The molecule has 3 rings (SSSR count). The van der Waals surface area contributed by atoms with Gasteiger partial charge < -0.3 is 4.90 Å². The van der Waals surface area contributed by atoms with Crippen LogP contribution in [0.25, 0.3) is 6.08 Å². The first kappa shape index (κ1) is 19.5. The van der Waals surface area contributed by atoms with Crippen molar-refractivity contribution in [3.8, 4) is 11.8 Å². The van der Waals surface area contributed by atoms with Crippen molar-refractivity contribution in [1.82, 2.24) is 0 Å². The molecule has 140 valence electrons. The molecule has 1 heteroatoms. The van der Waals surface area contributed by atoms with E-state index in [1.807, 2.05) is 18.2 Å². The minimum atomic E-state index is 0.859. The first-order valence-electron chi connectivity index (χ1n) is 9.76. The Kier molecular flexibility index (Phi) is 7.10. The number of allylic oxidation sites excluding steroid dienone is 1. The molecule has 1 nitrogen and oxygen atoms in total. The summed E-state index contributed by atoms with van der Waals surface area (Å²) in [5.41, 5.74) is 6.36. The van der Waals surface area contributed by atoms with Crippen molar-refractivity contribution >= 4 is 11.8 Å². The van der Waals surface area contributed by atoms with Crippen molar-refractivity contribution in [2.75, 3.05) is 19.0 Å². The highest BCUT2D eigenvalue weighted by molar-refractivity contribution is 5.58. The zero-order valence-electron chi connectivity index (χ0n) is 16.7. The third-order valence-electron chi connectivity index (χ3n) is 4.64. The summed E-state index contributed by atoms with van der Waals surface area (Å²) in [7, 11) is 4.20. The van der Waals surface area contributed by atoms with Crippen LogP contribution < -0.4 is 4.90 Å². The summed E-state index contributed by atoms with van der Waals surface area (Å²) in [5, 5.41) is 0. The fourth-order valence-corrected chi connectivity index (χ4v) is 3.25. The Morgan fingerprint density at radius 1 is 0.821 bits per heavy atom. The standard InChI is InChI=1S/C27H27N/c1-28(2)27-20-12-11-19-26(27)22-25(21-24-16-7-4-8-17-24)18-10-9-15-23-13-5-3-6-14-23/h3-8,11-14,16-17,19-21H,10,18,22H2,1-2H3/b25-21+. The summed E-state index contributed by atoms with van der Waals surface area (Å²) < 4.78 is 0. The topological polar surface area (TPSA) is 3.24 Å². The Morgan fingerprint density at radius 3 is 2.18 bits per heavy atom. The monoisotopic (exact) mass is 365 g/mol. The van der Waals surface area contributed by atoms with Crippen LogP contribution in [0.2, 0.25) is 0 Å². The maximum atomic E-state index is 3.34. The number of hydrogen-bond donors (Lipinski definition) is 0. The number of rotatable bonds is 6. The van der Waals surface area contributed by atoms with Crippen LogP contribution in [0.3, 0.4) is 0 Å². The normalized spacial score (nSPS) is 10.9. The van der Waals surface area contributed by atoms with Gasteiger partial charge in [0.05, 0.1) is 0 Å². The molecule has 0 N–H and O–H groups in total. The lowest BCUT2D eigenvalue weighted by molar-refractivity contribution is 0.945. The molecule has 0 aliphatic heterocycles. The number of nitrogens with zero attached hydrogens (tertiary/aromatic N) is 1. The molecule has 0 atom stereocenters. The molecular weight excluding hydrogens is 338 g/mol. The Balaban J connectivity index is 1.78. The fourth-order valence-electron chi connectivity index (χ4n) is 3.25. The zero-order valence-corrected chi connectivity index (χ0v) is 16.7. The summed E-state index contributed by atoms with van der Waals surface area (Å²) in [6.07, 6.45) is 5.08. The third-order valence-corrected chi connectivity index (χ3v) is 4.64. The van der Waals surface area contributed by atoms with Gasteiger partial charge in [0.2, 0.25) is 0 Å². The van der Waals surface area contributed by atoms with Gasteiger partial charge in [0, 0.05) is 31.8 Å². The largest absolute Gasteiger partial charge is 0.377 e. The van der Waals surface area contributed by atoms with Gasteiger partial charge in [-0.05, 0) is 42.2 Å². The molecular formula is C27H27N. The average Bonchev–Trinajstić information content (AvgIpc) is 2.73. The minimum absolute atomic E-state index is 0.859. The van der Waals surface area contributed by atoms with Crippen LogP contribution in [0.1, 0.15) is 29.5 Å². The van der Waals surface area contributed by atoms with Crippen LogP contribution in [0.4, 0.5) is 5.69 Å². The van der Waals surface area contributed by atoms with Crippen LogP contribution in [0, 0.1) is 11.8 Å². The second-order valence-electron chi connectivity index (χ2n) is 7.08. The molecule has 0 fully saturated rings.